The number of carbonyl (C=O) groups is 1. The summed E-state index contributed by atoms with van der Waals surface area (Å²) in [4.78, 5) is 11.8. The van der Waals surface area contributed by atoms with Crippen molar-refractivity contribution in [2.75, 3.05) is 26.0 Å². The van der Waals surface area contributed by atoms with Crippen LogP contribution in [0.3, 0.4) is 0 Å². The minimum atomic E-state index is -0.172. The Morgan fingerprint density at radius 2 is 2.21 bits per heavy atom. The van der Waals surface area contributed by atoms with Crippen LogP contribution in [0.25, 0.3) is 0 Å². The average molecular weight is 321 g/mol. The maximum absolute atomic E-state index is 11.8. The summed E-state index contributed by atoms with van der Waals surface area (Å²) in [6.07, 6.45) is 1.12. The van der Waals surface area contributed by atoms with Crippen LogP contribution in [0.2, 0.25) is 0 Å². The monoisotopic (exact) mass is 321 g/mol. The molecule has 0 unspecified atom stereocenters. The van der Waals surface area contributed by atoms with E-state index in [2.05, 4.69) is 22.4 Å². The van der Waals surface area contributed by atoms with Gasteiger partial charge in [-0.3, -0.25) is 4.79 Å². The molecule has 5 nitrogen and oxygen atoms in total. The molecule has 1 N–H and O–H groups in total. The van der Waals surface area contributed by atoms with Crippen LogP contribution in [0.1, 0.15) is 20.3 Å². The first-order valence-electron chi connectivity index (χ1n) is 6.07. The third-order valence-corrected chi connectivity index (χ3v) is 5.52. The van der Waals surface area contributed by atoms with Gasteiger partial charge < -0.3 is 10.1 Å². The third kappa shape index (κ3) is 6.60. The molecule has 0 aliphatic heterocycles. The molecule has 108 valence electrons. The molecule has 1 atom stereocenters. The lowest BCUT2D eigenvalue weighted by atomic mass is 10.4. The van der Waals surface area contributed by atoms with Crippen LogP contribution in [0, 0.1) is 0 Å². The Balaban J connectivity index is 2.36. The summed E-state index contributed by atoms with van der Waals surface area (Å²) in [5.41, 5.74) is 0. The molecular formula is C11H19N3O2S3. The third-order valence-electron chi connectivity index (χ3n) is 2.07. The van der Waals surface area contributed by atoms with Crippen molar-refractivity contribution in [2.24, 2.45) is 0 Å². The molecule has 19 heavy (non-hydrogen) atoms. The highest BCUT2D eigenvalue weighted by molar-refractivity contribution is 8.03. The SMILES string of the molecule is CCCSc1nnc(S[C@H](C)C(=O)NCCOC)s1. The van der Waals surface area contributed by atoms with Gasteiger partial charge in [0.25, 0.3) is 0 Å². The Morgan fingerprint density at radius 3 is 2.89 bits per heavy atom. The second kappa shape index (κ2) is 9.57. The van der Waals surface area contributed by atoms with Crippen molar-refractivity contribution in [2.45, 2.75) is 34.2 Å². The first-order valence-corrected chi connectivity index (χ1v) is 8.75. The van der Waals surface area contributed by atoms with Crippen LogP contribution in [0.4, 0.5) is 0 Å². The van der Waals surface area contributed by atoms with E-state index in [1.54, 1.807) is 30.2 Å². The zero-order valence-corrected chi connectivity index (χ0v) is 13.8. The molecular weight excluding hydrogens is 302 g/mol. The van der Waals surface area contributed by atoms with Crippen molar-refractivity contribution in [3.05, 3.63) is 0 Å². The Kier molecular flexibility index (Phi) is 8.43. The molecule has 8 heteroatoms. The summed E-state index contributed by atoms with van der Waals surface area (Å²) in [6.45, 7) is 5.07. The molecule has 1 aromatic heterocycles. The van der Waals surface area contributed by atoms with Crippen molar-refractivity contribution < 1.29 is 9.53 Å². The summed E-state index contributed by atoms with van der Waals surface area (Å²) >= 11 is 4.70. The molecule has 0 aliphatic carbocycles. The molecule has 0 fully saturated rings. The van der Waals surface area contributed by atoms with E-state index in [4.69, 9.17) is 4.74 Å². The second-order valence-electron chi connectivity index (χ2n) is 3.73. The van der Waals surface area contributed by atoms with Gasteiger partial charge in [0.15, 0.2) is 8.68 Å². The van der Waals surface area contributed by atoms with Crippen molar-refractivity contribution in [3.8, 4) is 0 Å². The van der Waals surface area contributed by atoms with Gasteiger partial charge in [0.1, 0.15) is 0 Å². The molecule has 1 rings (SSSR count). The van der Waals surface area contributed by atoms with Gasteiger partial charge in [0, 0.05) is 19.4 Å². The molecule has 1 amide bonds. The number of carbonyl (C=O) groups excluding carboxylic acids is 1. The number of rotatable bonds is 9. The number of aromatic nitrogens is 2. The van der Waals surface area contributed by atoms with Crippen molar-refractivity contribution in [1.29, 1.82) is 0 Å². The molecule has 1 heterocycles. The fourth-order valence-corrected chi connectivity index (χ4v) is 4.23. The number of methoxy groups -OCH3 is 1. The molecule has 0 bridgehead atoms. The molecule has 0 spiro atoms. The summed E-state index contributed by atoms with van der Waals surface area (Å²) < 4.78 is 6.70. The van der Waals surface area contributed by atoms with Crippen LogP contribution in [0.5, 0.6) is 0 Å². The van der Waals surface area contributed by atoms with E-state index in [0.717, 1.165) is 20.9 Å². The Morgan fingerprint density at radius 1 is 1.47 bits per heavy atom. The maximum Gasteiger partial charge on any atom is 0.233 e. The fraction of sp³-hybridized carbons (Fsp3) is 0.727. The highest BCUT2D eigenvalue weighted by atomic mass is 32.2. The van der Waals surface area contributed by atoms with Crippen molar-refractivity contribution in [1.82, 2.24) is 15.5 Å². The molecule has 0 saturated heterocycles. The summed E-state index contributed by atoms with van der Waals surface area (Å²) in [5.74, 6) is 1.05. The van der Waals surface area contributed by atoms with E-state index in [9.17, 15) is 4.79 Å². The Hall–Kier alpha value is -0.310. The second-order valence-corrected chi connectivity index (χ2v) is 7.63. The number of thioether (sulfide) groups is 2. The number of nitrogens with zero attached hydrogens (tertiary/aromatic N) is 2. The number of ether oxygens (including phenoxy) is 1. The van der Waals surface area contributed by atoms with Crippen LogP contribution >= 0.6 is 34.9 Å². The Labute approximate surface area is 126 Å². The largest absolute Gasteiger partial charge is 0.383 e. The predicted molar refractivity (Wildman–Crippen MR) is 81.1 cm³/mol. The van der Waals surface area contributed by atoms with Crippen LogP contribution in [0.15, 0.2) is 8.68 Å². The van der Waals surface area contributed by atoms with Crippen molar-refractivity contribution >= 4 is 40.8 Å². The Bertz CT molecular complexity index is 387. The summed E-state index contributed by atoms with van der Waals surface area (Å²) in [6, 6.07) is 0. The van der Waals surface area contributed by atoms with Gasteiger partial charge >= 0.3 is 0 Å². The molecule has 0 aliphatic rings. The summed E-state index contributed by atoms with van der Waals surface area (Å²) in [5, 5.41) is 10.8. The van der Waals surface area contributed by atoms with Crippen molar-refractivity contribution in [3.63, 3.8) is 0 Å². The minimum absolute atomic E-state index is 0.0000104. The van der Waals surface area contributed by atoms with Gasteiger partial charge in [0.2, 0.25) is 5.91 Å². The number of amides is 1. The van der Waals surface area contributed by atoms with Gasteiger partial charge in [-0.05, 0) is 13.3 Å². The number of nitrogens with one attached hydrogen (secondary N) is 1. The zero-order valence-electron chi connectivity index (χ0n) is 11.3. The lowest BCUT2D eigenvalue weighted by Crippen LogP contribution is -2.33. The maximum atomic E-state index is 11.8. The lowest BCUT2D eigenvalue weighted by molar-refractivity contribution is -0.120. The number of hydrogen-bond acceptors (Lipinski definition) is 7. The van der Waals surface area contributed by atoms with Crippen LogP contribution < -0.4 is 5.32 Å². The fourth-order valence-electron chi connectivity index (χ4n) is 1.12. The topological polar surface area (TPSA) is 64.1 Å². The quantitative estimate of drug-likeness (QED) is 0.556. The predicted octanol–water partition coefficient (Wildman–Crippen LogP) is 2.28. The van der Waals surface area contributed by atoms with E-state index < -0.39 is 0 Å². The van der Waals surface area contributed by atoms with Crippen LogP contribution in [-0.4, -0.2) is 47.4 Å². The summed E-state index contributed by atoms with van der Waals surface area (Å²) in [7, 11) is 1.61. The van der Waals surface area contributed by atoms with Gasteiger partial charge in [-0.25, -0.2) is 0 Å². The standard InChI is InChI=1S/C11H19N3O2S3/c1-4-7-17-10-13-14-11(19-10)18-8(2)9(15)12-5-6-16-3/h8H,4-7H2,1-3H3,(H,12,15)/t8-/m1/s1. The molecule has 1 aromatic rings. The minimum Gasteiger partial charge on any atom is -0.383 e. The first kappa shape index (κ1) is 16.7. The smallest absolute Gasteiger partial charge is 0.233 e. The van der Waals surface area contributed by atoms with Gasteiger partial charge in [-0.15, -0.1) is 10.2 Å². The van der Waals surface area contributed by atoms with E-state index in [-0.39, 0.29) is 11.2 Å². The van der Waals surface area contributed by atoms with E-state index in [0.29, 0.717) is 13.2 Å². The highest BCUT2D eigenvalue weighted by Crippen LogP contribution is 2.31. The lowest BCUT2D eigenvalue weighted by Gasteiger charge is -2.09. The number of hydrogen-bond donors (Lipinski definition) is 1. The normalized spacial score (nSPS) is 12.4. The van der Waals surface area contributed by atoms with Gasteiger partial charge in [0.05, 0.1) is 11.9 Å². The first-order chi connectivity index (χ1) is 9.17. The molecule has 0 radical (unpaired) electrons. The van der Waals surface area contributed by atoms with Gasteiger partial charge in [-0.2, -0.15) is 0 Å². The van der Waals surface area contributed by atoms with E-state index >= 15 is 0 Å². The average Bonchev–Trinajstić information content (AvgIpc) is 2.84. The molecule has 0 aromatic carbocycles. The van der Waals surface area contributed by atoms with Gasteiger partial charge in [-0.1, -0.05) is 41.8 Å². The zero-order chi connectivity index (χ0) is 14.1. The van der Waals surface area contributed by atoms with Crippen LogP contribution in [-0.2, 0) is 9.53 Å². The highest BCUT2D eigenvalue weighted by Gasteiger charge is 2.16. The van der Waals surface area contributed by atoms with E-state index in [1.165, 1.54) is 11.8 Å². The molecule has 0 saturated carbocycles. The van der Waals surface area contributed by atoms with E-state index in [1.807, 2.05) is 6.92 Å².